The number of carbonyl (C=O) groups excluding carboxylic acids is 1. The first-order valence-corrected chi connectivity index (χ1v) is 10.3. The van der Waals surface area contributed by atoms with Gasteiger partial charge in [0.05, 0.1) is 0 Å². The molecule has 0 unspecified atom stereocenters. The Balaban J connectivity index is 1.25. The van der Waals surface area contributed by atoms with E-state index in [9.17, 15) is 4.79 Å². The summed E-state index contributed by atoms with van der Waals surface area (Å²) in [5.74, 6) is 0.937. The Morgan fingerprint density at radius 1 is 0.962 bits per heavy atom. The van der Waals surface area contributed by atoms with Gasteiger partial charge in [-0.3, -0.25) is 9.69 Å². The third-order valence-corrected chi connectivity index (χ3v) is 6.38. The first kappa shape index (κ1) is 17.7. The smallest absolute Gasteiger partial charge is 0.226 e. The highest BCUT2D eigenvalue weighted by atomic mass is 79.9. The molecule has 1 aliphatic carbocycles. The fourth-order valence-corrected chi connectivity index (χ4v) is 4.52. The zero-order valence-electron chi connectivity index (χ0n) is 15.0. The average Bonchev–Trinajstić information content (AvgIpc) is 3.48. The third kappa shape index (κ3) is 4.02. The standard InChI is InChI=1S/C22H25BrN2O/c23-21-9-5-4-8-18(21)19-16-20(19)22(26)25-14-12-24(13-15-25)11-10-17-6-2-1-3-7-17/h1-9,19-20H,10-16H2/t19-,20+/m1/s1. The van der Waals surface area contributed by atoms with E-state index in [0.29, 0.717) is 11.8 Å². The number of carbonyl (C=O) groups is 1. The lowest BCUT2D eigenvalue weighted by molar-refractivity contribution is -0.134. The summed E-state index contributed by atoms with van der Waals surface area (Å²) in [5, 5.41) is 0. The second-order valence-electron chi connectivity index (χ2n) is 7.37. The summed E-state index contributed by atoms with van der Waals surface area (Å²) in [5.41, 5.74) is 2.67. The number of nitrogens with zero attached hydrogens (tertiary/aromatic N) is 2. The van der Waals surface area contributed by atoms with E-state index in [1.807, 2.05) is 6.07 Å². The van der Waals surface area contributed by atoms with Crippen LogP contribution in [0.5, 0.6) is 0 Å². The molecule has 3 nitrogen and oxygen atoms in total. The van der Waals surface area contributed by atoms with Gasteiger partial charge in [0.15, 0.2) is 0 Å². The zero-order valence-corrected chi connectivity index (χ0v) is 16.6. The van der Waals surface area contributed by atoms with Crippen LogP contribution >= 0.6 is 15.9 Å². The van der Waals surface area contributed by atoms with Crippen LogP contribution in [0.1, 0.15) is 23.5 Å². The quantitative estimate of drug-likeness (QED) is 0.742. The van der Waals surface area contributed by atoms with Gasteiger partial charge in [0.1, 0.15) is 0 Å². The van der Waals surface area contributed by atoms with E-state index in [-0.39, 0.29) is 5.92 Å². The molecule has 136 valence electrons. The minimum absolute atomic E-state index is 0.185. The minimum atomic E-state index is 0.185. The molecule has 1 saturated heterocycles. The van der Waals surface area contributed by atoms with Gasteiger partial charge in [0.2, 0.25) is 5.91 Å². The maximum Gasteiger partial charge on any atom is 0.226 e. The SMILES string of the molecule is O=C([C@H]1C[C@@H]1c1ccccc1Br)N1CCN(CCc2ccccc2)CC1. The summed E-state index contributed by atoms with van der Waals surface area (Å²) in [6.45, 7) is 4.80. The van der Waals surface area contributed by atoms with Gasteiger partial charge in [-0.05, 0) is 36.0 Å². The van der Waals surface area contributed by atoms with Crippen molar-refractivity contribution in [1.82, 2.24) is 9.80 Å². The van der Waals surface area contributed by atoms with Crippen molar-refractivity contribution < 1.29 is 4.79 Å². The first-order valence-electron chi connectivity index (χ1n) is 9.52. The molecule has 0 radical (unpaired) electrons. The topological polar surface area (TPSA) is 23.6 Å². The third-order valence-electron chi connectivity index (χ3n) is 5.66. The van der Waals surface area contributed by atoms with Crippen molar-refractivity contribution in [3.8, 4) is 0 Å². The van der Waals surface area contributed by atoms with Gasteiger partial charge >= 0.3 is 0 Å². The van der Waals surface area contributed by atoms with Crippen molar-refractivity contribution in [2.75, 3.05) is 32.7 Å². The highest BCUT2D eigenvalue weighted by Crippen LogP contribution is 2.50. The molecular weight excluding hydrogens is 388 g/mol. The first-order chi connectivity index (χ1) is 12.7. The van der Waals surface area contributed by atoms with E-state index in [1.165, 1.54) is 11.1 Å². The summed E-state index contributed by atoms with van der Waals surface area (Å²) in [6.07, 6.45) is 2.08. The van der Waals surface area contributed by atoms with E-state index in [0.717, 1.165) is 50.0 Å². The Morgan fingerprint density at radius 2 is 1.65 bits per heavy atom. The maximum absolute atomic E-state index is 12.8. The normalized spacial score (nSPS) is 23.0. The van der Waals surface area contributed by atoms with Crippen LogP contribution in [0.2, 0.25) is 0 Å². The van der Waals surface area contributed by atoms with Crippen LogP contribution in [0.4, 0.5) is 0 Å². The molecule has 2 aromatic rings. The van der Waals surface area contributed by atoms with E-state index in [4.69, 9.17) is 0 Å². The fraction of sp³-hybridized carbons (Fsp3) is 0.409. The molecule has 1 amide bonds. The van der Waals surface area contributed by atoms with Gasteiger partial charge in [0.25, 0.3) is 0 Å². The van der Waals surface area contributed by atoms with Crippen molar-refractivity contribution in [3.05, 3.63) is 70.2 Å². The van der Waals surface area contributed by atoms with Gasteiger partial charge in [-0.25, -0.2) is 0 Å². The Kier molecular flexibility index (Phi) is 5.41. The molecule has 2 fully saturated rings. The van der Waals surface area contributed by atoms with Crippen molar-refractivity contribution >= 4 is 21.8 Å². The molecule has 26 heavy (non-hydrogen) atoms. The zero-order chi connectivity index (χ0) is 17.9. The van der Waals surface area contributed by atoms with Crippen molar-refractivity contribution in [1.29, 1.82) is 0 Å². The van der Waals surface area contributed by atoms with Crippen LogP contribution in [0.25, 0.3) is 0 Å². The molecule has 2 aromatic carbocycles. The number of rotatable bonds is 5. The van der Waals surface area contributed by atoms with Crippen LogP contribution in [0, 0.1) is 5.92 Å². The van der Waals surface area contributed by atoms with E-state index in [2.05, 4.69) is 74.3 Å². The summed E-state index contributed by atoms with van der Waals surface area (Å²) in [6, 6.07) is 18.9. The van der Waals surface area contributed by atoms with Gasteiger partial charge in [-0.2, -0.15) is 0 Å². The number of halogens is 1. The lowest BCUT2D eigenvalue weighted by Gasteiger charge is -2.35. The summed E-state index contributed by atoms with van der Waals surface area (Å²) >= 11 is 3.62. The van der Waals surface area contributed by atoms with Crippen LogP contribution in [0.3, 0.4) is 0 Å². The molecule has 0 aromatic heterocycles. The van der Waals surface area contributed by atoms with Crippen molar-refractivity contribution in [2.45, 2.75) is 18.8 Å². The number of hydrogen-bond donors (Lipinski definition) is 0. The molecule has 1 saturated carbocycles. The molecule has 0 N–H and O–H groups in total. The van der Waals surface area contributed by atoms with Gasteiger partial charge in [-0.1, -0.05) is 64.5 Å². The van der Waals surface area contributed by atoms with Gasteiger partial charge in [-0.15, -0.1) is 0 Å². The van der Waals surface area contributed by atoms with E-state index in [1.54, 1.807) is 0 Å². The van der Waals surface area contributed by atoms with E-state index < -0.39 is 0 Å². The van der Waals surface area contributed by atoms with Gasteiger partial charge < -0.3 is 4.90 Å². The number of hydrogen-bond acceptors (Lipinski definition) is 2. The Morgan fingerprint density at radius 3 is 2.38 bits per heavy atom. The molecule has 0 bridgehead atoms. The van der Waals surface area contributed by atoms with Crippen LogP contribution in [0.15, 0.2) is 59.1 Å². The second-order valence-corrected chi connectivity index (χ2v) is 8.23. The Bertz CT molecular complexity index is 756. The molecule has 4 rings (SSSR count). The summed E-state index contributed by atoms with van der Waals surface area (Å²) < 4.78 is 1.13. The van der Waals surface area contributed by atoms with Crippen LogP contribution in [-0.2, 0) is 11.2 Å². The Labute approximate surface area is 164 Å². The molecule has 4 heteroatoms. The molecule has 0 spiro atoms. The van der Waals surface area contributed by atoms with Gasteiger partial charge in [0, 0.05) is 43.1 Å². The minimum Gasteiger partial charge on any atom is -0.340 e. The predicted octanol–water partition coefficient (Wildman–Crippen LogP) is 3.94. The average molecular weight is 413 g/mol. The largest absolute Gasteiger partial charge is 0.340 e. The molecule has 2 aliphatic rings. The summed E-state index contributed by atoms with van der Waals surface area (Å²) in [4.78, 5) is 17.4. The van der Waals surface area contributed by atoms with Crippen LogP contribution in [-0.4, -0.2) is 48.4 Å². The molecule has 1 heterocycles. The molecule has 1 aliphatic heterocycles. The van der Waals surface area contributed by atoms with E-state index >= 15 is 0 Å². The lowest BCUT2D eigenvalue weighted by Crippen LogP contribution is -2.49. The molecular formula is C22H25BrN2O. The number of amides is 1. The highest BCUT2D eigenvalue weighted by molar-refractivity contribution is 9.10. The summed E-state index contributed by atoms with van der Waals surface area (Å²) in [7, 11) is 0. The number of benzene rings is 2. The second kappa shape index (κ2) is 7.93. The maximum atomic E-state index is 12.8. The Hall–Kier alpha value is -1.65. The van der Waals surface area contributed by atoms with Crippen LogP contribution < -0.4 is 0 Å². The predicted molar refractivity (Wildman–Crippen MR) is 108 cm³/mol. The highest BCUT2D eigenvalue weighted by Gasteiger charge is 2.46. The lowest BCUT2D eigenvalue weighted by atomic mass is 10.1. The van der Waals surface area contributed by atoms with Crippen molar-refractivity contribution in [2.24, 2.45) is 5.92 Å². The fourth-order valence-electron chi connectivity index (χ4n) is 3.95. The monoisotopic (exact) mass is 412 g/mol. The molecule has 2 atom stereocenters. The number of piperazine rings is 1. The van der Waals surface area contributed by atoms with Crippen molar-refractivity contribution in [3.63, 3.8) is 0 Å².